The second kappa shape index (κ2) is 11.9. The quantitative estimate of drug-likeness (QED) is 0.400. The average Bonchev–Trinajstić information content (AvgIpc) is 2.27. The first-order valence-electron chi connectivity index (χ1n) is 6.20. The van der Waals surface area contributed by atoms with Gasteiger partial charge in [0.15, 0.2) is 0 Å². The molecule has 0 aliphatic heterocycles. The van der Waals surface area contributed by atoms with E-state index in [1.807, 2.05) is 5.70 Å². The Labute approximate surface area is 96.5 Å². The van der Waals surface area contributed by atoms with Crippen LogP contribution in [0.1, 0.15) is 52.4 Å². The lowest BCUT2D eigenvalue weighted by Gasteiger charge is -2.12. The van der Waals surface area contributed by atoms with Gasteiger partial charge in [-0.05, 0) is 12.8 Å². The van der Waals surface area contributed by atoms with Gasteiger partial charge in [0.2, 0.25) is 0 Å². The van der Waals surface area contributed by atoms with E-state index in [1.54, 1.807) is 0 Å². The first-order valence-corrected chi connectivity index (χ1v) is 7.81. The molecule has 0 heterocycles. The van der Waals surface area contributed by atoms with Crippen LogP contribution in [0.4, 0.5) is 0 Å². The number of rotatable bonds is 11. The summed E-state index contributed by atoms with van der Waals surface area (Å²) in [6, 6.07) is 0. The van der Waals surface area contributed by atoms with E-state index in [4.69, 9.17) is 8.85 Å². The molecule has 0 saturated heterocycles. The smallest absolute Gasteiger partial charge is 0.347 e. The molecule has 15 heavy (non-hydrogen) atoms. The fourth-order valence-corrected chi connectivity index (χ4v) is 2.45. The summed E-state index contributed by atoms with van der Waals surface area (Å²) in [5.74, 6) is 0. The van der Waals surface area contributed by atoms with Gasteiger partial charge < -0.3 is 8.85 Å². The molecule has 0 aromatic rings. The molecular formula is C12H26O2Si. The number of unbranched alkanes of at least 4 members (excludes halogenated alkanes) is 4. The molecule has 0 fully saturated rings. The largest absolute Gasteiger partial charge is 0.394 e. The van der Waals surface area contributed by atoms with Gasteiger partial charge in [-0.1, -0.05) is 45.2 Å². The second-order valence-electron chi connectivity index (χ2n) is 3.76. The number of hydrogen-bond acceptors (Lipinski definition) is 2. The Morgan fingerprint density at radius 1 is 0.933 bits per heavy atom. The zero-order valence-electron chi connectivity index (χ0n) is 10.3. The molecule has 3 heteroatoms. The Morgan fingerprint density at radius 3 is 1.73 bits per heavy atom. The molecule has 0 spiro atoms. The summed E-state index contributed by atoms with van der Waals surface area (Å²) in [5.41, 5.74) is 1.87. The van der Waals surface area contributed by atoms with Crippen LogP contribution in [0, 0.1) is 0 Å². The van der Waals surface area contributed by atoms with Gasteiger partial charge >= 0.3 is 9.28 Å². The maximum absolute atomic E-state index is 5.67. The van der Waals surface area contributed by atoms with Crippen LogP contribution in [0.2, 0.25) is 0 Å². The molecule has 0 aliphatic carbocycles. The molecule has 0 radical (unpaired) electrons. The van der Waals surface area contributed by atoms with Crippen molar-refractivity contribution in [2.45, 2.75) is 52.4 Å². The summed E-state index contributed by atoms with van der Waals surface area (Å²) in [6.45, 7) is 9.84. The fourth-order valence-electron chi connectivity index (χ4n) is 1.29. The predicted molar refractivity (Wildman–Crippen MR) is 68.3 cm³/mol. The highest BCUT2D eigenvalue weighted by molar-refractivity contribution is 6.50. The van der Waals surface area contributed by atoms with Gasteiger partial charge in [-0.25, -0.2) is 0 Å². The third-order valence-electron chi connectivity index (χ3n) is 2.25. The molecule has 0 unspecified atom stereocenters. The Bertz CT molecular complexity index is 128. The topological polar surface area (TPSA) is 18.5 Å². The van der Waals surface area contributed by atoms with Crippen molar-refractivity contribution in [3.8, 4) is 0 Å². The van der Waals surface area contributed by atoms with Crippen molar-refractivity contribution in [3.63, 3.8) is 0 Å². The molecule has 90 valence electrons. The Kier molecular flexibility index (Phi) is 11.9. The van der Waals surface area contributed by atoms with Gasteiger partial charge in [-0.15, -0.1) is 6.58 Å². The highest BCUT2D eigenvalue weighted by Crippen LogP contribution is 2.00. The lowest BCUT2D eigenvalue weighted by molar-refractivity contribution is 0.199. The van der Waals surface area contributed by atoms with Crippen LogP contribution in [0.3, 0.4) is 0 Å². The molecule has 2 nitrogen and oxygen atoms in total. The molecule has 0 aromatic heterocycles. The number of hydrogen-bond donors (Lipinski definition) is 0. The van der Waals surface area contributed by atoms with E-state index in [0.717, 1.165) is 26.1 Å². The van der Waals surface area contributed by atoms with Gasteiger partial charge in [0.25, 0.3) is 0 Å². The predicted octanol–water partition coefficient (Wildman–Crippen LogP) is 3.35. The molecule has 0 saturated carbocycles. The molecule has 0 atom stereocenters. The molecule has 0 rings (SSSR count). The van der Waals surface area contributed by atoms with Crippen molar-refractivity contribution < 1.29 is 8.85 Å². The average molecular weight is 230 g/mol. The maximum atomic E-state index is 5.67. The first-order chi connectivity index (χ1) is 7.35. The van der Waals surface area contributed by atoms with E-state index >= 15 is 0 Å². The lowest BCUT2D eigenvalue weighted by atomic mass is 10.3. The Hall–Kier alpha value is -0.123. The van der Waals surface area contributed by atoms with Crippen molar-refractivity contribution >= 4 is 9.28 Å². The van der Waals surface area contributed by atoms with Crippen LogP contribution in [0.15, 0.2) is 12.3 Å². The SMILES string of the molecule is C=C[SiH](OCCCCC)OCCCCC. The summed E-state index contributed by atoms with van der Waals surface area (Å²) < 4.78 is 11.3. The molecule has 0 amide bonds. The van der Waals surface area contributed by atoms with Gasteiger partial charge in [0.1, 0.15) is 0 Å². The van der Waals surface area contributed by atoms with Crippen molar-refractivity contribution in [3.05, 3.63) is 12.3 Å². The minimum absolute atomic E-state index is 0.838. The van der Waals surface area contributed by atoms with Crippen LogP contribution < -0.4 is 0 Å². The molecular weight excluding hydrogens is 204 g/mol. The monoisotopic (exact) mass is 230 g/mol. The van der Waals surface area contributed by atoms with Crippen molar-refractivity contribution in [1.29, 1.82) is 0 Å². The summed E-state index contributed by atoms with van der Waals surface area (Å²) >= 11 is 0. The van der Waals surface area contributed by atoms with Gasteiger partial charge in [-0.2, -0.15) is 0 Å². The van der Waals surface area contributed by atoms with E-state index in [2.05, 4.69) is 20.4 Å². The van der Waals surface area contributed by atoms with E-state index in [-0.39, 0.29) is 0 Å². The van der Waals surface area contributed by atoms with Crippen LogP contribution in [0.25, 0.3) is 0 Å². The highest BCUT2D eigenvalue weighted by Gasteiger charge is 2.07. The lowest BCUT2D eigenvalue weighted by Crippen LogP contribution is -2.21. The maximum Gasteiger partial charge on any atom is 0.347 e. The zero-order valence-corrected chi connectivity index (χ0v) is 11.5. The summed E-state index contributed by atoms with van der Waals surface area (Å²) in [6.07, 6.45) is 7.25. The summed E-state index contributed by atoms with van der Waals surface area (Å²) in [7, 11) is -1.53. The van der Waals surface area contributed by atoms with Gasteiger partial charge in [0, 0.05) is 13.2 Å². The second-order valence-corrected chi connectivity index (χ2v) is 5.63. The Balaban J connectivity index is 3.34. The van der Waals surface area contributed by atoms with Crippen LogP contribution >= 0.6 is 0 Å². The minimum atomic E-state index is -1.53. The third-order valence-corrected chi connectivity index (χ3v) is 3.77. The van der Waals surface area contributed by atoms with Gasteiger partial charge in [0.05, 0.1) is 0 Å². The normalized spacial score (nSPS) is 10.9. The molecule has 0 aliphatic rings. The molecule has 0 bridgehead atoms. The van der Waals surface area contributed by atoms with Crippen LogP contribution in [-0.2, 0) is 8.85 Å². The van der Waals surface area contributed by atoms with Gasteiger partial charge in [-0.3, -0.25) is 0 Å². The van der Waals surface area contributed by atoms with Crippen molar-refractivity contribution in [1.82, 2.24) is 0 Å². The van der Waals surface area contributed by atoms with E-state index < -0.39 is 9.28 Å². The Morgan fingerprint density at radius 2 is 1.40 bits per heavy atom. The third kappa shape index (κ3) is 10.2. The van der Waals surface area contributed by atoms with Crippen molar-refractivity contribution in [2.24, 2.45) is 0 Å². The van der Waals surface area contributed by atoms with E-state index in [0.29, 0.717) is 0 Å². The molecule has 0 N–H and O–H groups in total. The minimum Gasteiger partial charge on any atom is -0.394 e. The zero-order chi connectivity index (χ0) is 11.4. The van der Waals surface area contributed by atoms with E-state index in [1.165, 1.54) is 25.7 Å². The standard InChI is InChI=1S/C12H26O2Si/c1-4-7-9-11-13-15(6-3)14-12-10-8-5-2/h6,15H,3-5,7-12H2,1-2H3. The van der Waals surface area contributed by atoms with Crippen LogP contribution in [-0.4, -0.2) is 22.5 Å². The summed E-state index contributed by atoms with van der Waals surface area (Å²) in [5, 5.41) is 0. The summed E-state index contributed by atoms with van der Waals surface area (Å²) in [4.78, 5) is 0. The van der Waals surface area contributed by atoms with E-state index in [9.17, 15) is 0 Å². The fraction of sp³-hybridized carbons (Fsp3) is 0.833. The highest BCUT2D eigenvalue weighted by atomic mass is 28.3. The first kappa shape index (κ1) is 14.9. The van der Waals surface area contributed by atoms with Crippen LogP contribution in [0.5, 0.6) is 0 Å². The molecule has 0 aromatic carbocycles. The van der Waals surface area contributed by atoms with Crippen molar-refractivity contribution in [2.75, 3.05) is 13.2 Å².